The summed E-state index contributed by atoms with van der Waals surface area (Å²) in [6, 6.07) is 31.5. The molecule has 4 aromatic carbocycles. The van der Waals surface area contributed by atoms with Crippen molar-refractivity contribution in [1.29, 1.82) is 0 Å². The van der Waals surface area contributed by atoms with Crippen molar-refractivity contribution in [2.45, 2.75) is 33.6 Å². The molecule has 3 heterocycles. The van der Waals surface area contributed by atoms with Crippen LogP contribution >= 0.6 is 61.1 Å². The Kier molecular flexibility index (Phi) is 25.1. The van der Waals surface area contributed by atoms with Crippen molar-refractivity contribution in [3.63, 3.8) is 0 Å². The Balaban J connectivity index is 0.000000249. The number of nitrogens with zero attached hydrogens (tertiary/aromatic N) is 6. The topological polar surface area (TPSA) is 189 Å². The molecule has 0 saturated carbocycles. The zero-order chi connectivity index (χ0) is 48.8. The van der Waals surface area contributed by atoms with Crippen molar-refractivity contribution >= 4 is 117 Å². The Morgan fingerprint density at radius 3 is 1.75 bits per heavy atom. The standard InChI is InChI=1S/C24H29N5O2S.C17H27N5OS2.C9H9BrO.H3P/c1-17-4-2-5-18(16-17)21(31)22-23(25)27-24(32-22)26-19-6-8-20(9-7-19)29-13-11-28(12-14-29)10-3-15-30;1-2-25-16(18)20-17(24)19-14-4-6-15(7-5-14)22-11-9-21(10-12-22)8-3-13-23;1-7-3-2-4-8(5-7)9(11)6-10;/h2,4-9,16,30H,3,10-15,25H2,1H3,(H,26,27);4-7,23H,2-3,8-13H2,1H3,(H3,18,19,20,24);2-5H,6H2,1H3;1H3. The molecule has 1 atom stereocenters. The van der Waals surface area contributed by atoms with Gasteiger partial charge in [-0.3, -0.25) is 19.4 Å². The molecule has 2 saturated heterocycles. The molecule has 2 aliphatic heterocycles. The lowest BCUT2D eigenvalue weighted by Gasteiger charge is -2.36. The first-order valence-electron chi connectivity index (χ1n) is 22.8. The average molecular weight is 1080 g/mol. The number of benzene rings is 4. The summed E-state index contributed by atoms with van der Waals surface area (Å²) in [4.78, 5) is 42.4. The van der Waals surface area contributed by atoms with E-state index in [-0.39, 0.29) is 40.5 Å². The second-order valence-electron chi connectivity index (χ2n) is 16.2. The number of nitrogen functional groups attached to an aromatic ring is 1. The number of halogens is 1. The van der Waals surface area contributed by atoms with Gasteiger partial charge < -0.3 is 42.1 Å². The normalized spacial score (nSPS) is 14.1. The van der Waals surface area contributed by atoms with Crippen molar-refractivity contribution in [3.8, 4) is 0 Å². The number of amidine groups is 1. The van der Waals surface area contributed by atoms with E-state index in [1.54, 1.807) is 6.07 Å². The number of aliphatic hydroxyl groups excluding tert-OH is 2. The summed E-state index contributed by atoms with van der Waals surface area (Å²) >= 11 is 11.1. The minimum atomic E-state index is -0.106. The van der Waals surface area contributed by atoms with Gasteiger partial charge in [0.2, 0.25) is 5.78 Å². The lowest BCUT2D eigenvalue weighted by molar-refractivity contribution is 0.102. The second kappa shape index (κ2) is 30.3. The van der Waals surface area contributed by atoms with E-state index >= 15 is 0 Å². The minimum Gasteiger partial charge on any atom is -0.396 e. The number of aliphatic imine (C=N–C) groups is 1. The molecule has 0 amide bonds. The number of hydrogen-bond donors (Lipinski definition) is 6. The van der Waals surface area contributed by atoms with E-state index in [1.165, 1.54) is 34.5 Å². The van der Waals surface area contributed by atoms with Crippen LogP contribution in [0.4, 0.5) is 33.7 Å². The van der Waals surface area contributed by atoms with Crippen LogP contribution in [-0.2, 0) is 0 Å². The van der Waals surface area contributed by atoms with Crippen LogP contribution in [0.1, 0.15) is 56.5 Å². The van der Waals surface area contributed by atoms with Crippen molar-refractivity contribution in [2.24, 2.45) is 10.7 Å². The number of Topliss-reactive ketones (excluding diaryl/α,β-unsaturated/α-hetero) is 1. The first-order valence-corrected chi connectivity index (χ1v) is 26.2. The smallest absolute Gasteiger partial charge is 0.206 e. The molecular weight excluding hydrogens is 1010 g/mol. The third-order valence-corrected chi connectivity index (χ3v) is 13.4. The number of aromatic nitrogens is 1. The predicted octanol–water partition coefficient (Wildman–Crippen LogP) is 8.10. The number of carbonyl (C=O) groups excluding carboxylic acids is 2. The predicted molar refractivity (Wildman–Crippen MR) is 304 cm³/mol. The third-order valence-electron chi connectivity index (χ3n) is 11.1. The summed E-state index contributed by atoms with van der Waals surface area (Å²) < 4.78 is 0. The van der Waals surface area contributed by atoms with Gasteiger partial charge in [-0.15, -0.1) is 0 Å². The Morgan fingerprint density at radius 2 is 1.28 bits per heavy atom. The van der Waals surface area contributed by atoms with Crippen molar-refractivity contribution in [3.05, 3.63) is 124 Å². The van der Waals surface area contributed by atoms with E-state index in [2.05, 4.69) is 80.4 Å². The van der Waals surface area contributed by atoms with Crippen LogP contribution in [0, 0.1) is 13.8 Å². The number of rotatable bonds is 16. The molecule has 1 aromatic heterocycles. The fraction of sp³-hybridized carbons (Fsp3) is 0.380. The Hall–Kier alpha value is -4.49. The maximum Gasteiger partial charge on any atom is 0.206 e. The zero-order valence-electron chi connectivity index (χ0n) is 39.9. The number of piperazine rings is 2. The molecule has 1 unspecified atom stereocenters. The molecule has 2 aliphatic rings. The maximum absolute atomic E-state index is 12.8. The zero-order valence-corrected chi connectivity index (χ0v) is 45.4. The average Bonchev–Trinajstić information content (AvgIpc) is 3.72. The van der Waals surface area contributed by atoms with Crippen molar-refractivity contribution in [2.75, 3.05) is 116 Å². The number of anilines is 6. The largest absolute Gasteiger partial charge is 0.396 e. The van der Waals surface area contributed by atoms with Crippen LogP contribution in [0.3, 0.4) is 0 Å². The van der Waals surface area contributed by atoms with E-state index < -0.39 is 0 Å². The highest BCUT2D eigenvalue weighted by Crippen LogP contribution is 2.31. The first kappa shape index (κ1) is 57.1. The Bertz CT molecular complexity index is 2400. The molecule has 0 spiro atoms. The second-order valence-corrected chi connectivity index (χ2v) is 19.4. The third kappa shape index (κ3) is 19.0. The molecule has 69 heavy (non-hydrogen) atoms. The van der Waals surface area contributed by atoms with Crippen LogP contribution in [0.25, 0.3) is 0 Å². The summed E-state index contributed by atoms with van der Waals surface area (Å²) in [6.45, 7) is 16.5. The van der Waals surface area contributed by atoms with Crippen LogP contribution in [0.15, 0.2) is 102 Å². The Morgan fingerprint density at radius 1 is 0.783 bits per heavy atom. The summed E-state index contributed by atoms with van der Waals surface area (Å²) in [5.74, 6) is 1.15. The lowest BCUT2D eigenvalue weighted by Crippen LogP contribution is -2.46. The number of nitrogens with one attached hydrogen (secondary N) is 2. The number of carbonyl (C=O) groups is 2. The van der Waals surface area contributed by atoms with E-state index in [4.69, 9.17) is 33.9 Å². The molecular formula is C50H68BrN10O4PS3. The summed E-state index contributed by atoms with van der Waals surface area (Å²) in [5, 5.41) is 26.1. The number of nitrogens with two attached hydrogens (primary N) is 2. The van der Waals surface area contributed by atoms with Crippen LogP contribution < -0.4 is 31.9 Å². The summed E-state index contributed by atoms with van der Waals surface area (Å²) in [6.07, 6.45) is 1.68. The molecule has 8 N–H and O–H groups in total. The van der Waals surface area contributed by atoms with Crippen LogP contribution in [-0.4, -0.2) is 137 Å². The quantitative estimate of drug-likeness (QED) is 0.0139. The number of ketones is 2. The number of alkyl halides is 1. The van der Waals surface area contributed by atoms with Gasteiger partial charge in [-0.25, -0.2) is 4.98 Å². The molecule has 372 valence electrons. The molecule has 7 rings (SSSR count). The van der Waals surface area contributed by atoms with Gasteiger partial charge in [-0.2, -0.15) is 14.9 Å². The van der Waals surface area contributed by atoms with E-state index in [1.807, 2.05) is 87.5 Å². The number of thiocarbonyl (C=S) groups is 1. The molecule has 2 fully saturated rings. The van der Waals surface area contributed by atoms with Gasteiger partial charge in [0.05, 0.1) is 5.33 Å². The molecule has 5 aromatic rings. The number of aryl methyl sites for hydroxylation is 2. The highest BCUT2D eigenvalue weighted by Gasteiger charge is 2.20. The molecule has 19 heteroatoms. The number of thiazole rings is 1. The highest BCUT2D eigenvalue weighted by atomic mass is 79.9. The monoisotopic (exact) mass is 1080 g/mol. The van der Waals surface area contributed by atoms with Gasteiger partial charge in [0, 0.05) is 113 Å². The van der Waals surface area contributed by atoms with Gasteiger partial charge >= 0.3 is 0 Å². The maximum atomic E-state index is 12.8. The van der Waals surface area contributed by atoms with Crippen LogP contribution in [0.2, 0.25) is 0 Å². The van der Waals surface area contributed by atoms with E-state index in [0.29, 0.717) is 31.2 Å². The number of thioether (sulfide) groups is 1. The SMILES string of the molecule is CCSC(N)=NC(=S)Nc1ccc(N2CCN(CCCO)CC2)cc1.Cc1cccc(C(=O)CBr)c1.Cc1cccc(C(=O)c2sc(Nc3ccc(N4CCN(CCCO)CC4)cc3)nc2N)c1.P. The fourth-order valence-corrected chi connectivity index (χ4v) is 9.39. The molecule has 0 aliphatic carbocycles. The lowest BCUT2D eigenvalue weighted by atomic mass is 10.1. The number of aliphatic hydroxyl groups is 2. The van der Waals surface area contributed by atoms with Crippen molar-refractivity contribution in [1.82, 2.24) is 14.8 Å². The van der Waals surface area contributed by atoms with Gasteiger partial charge in [0.15, 0.2) is 21.2 Å². The van der Waals surface area contributed by atoms with Crippen molar-refractivity contribution < 1.29 is 19.8 Å². The van der Waals surface area contributed by atoms with E-state index in [0.717, 1.165) is 112 Å². The minimum absolute atomic E-state index is 0. The van der Waals surface area contributed by atoms with E-state index in [9.17, 15) is 9.59 Å². The molecule has 14 nitrogen and oxygen atoms in total. The highest BCUT2D eigenvalue weighted by molar-refractivity contribution is 9.09. The molecule has 0 bridgehead atoms. The van der Waals surface area contributed by atoms with Gasteiger partial charge in [0.25, 0.3) is 0 Å². The fourth-order valence-electron chi connectivity index (χ4n) is 7.48. The van der Waals surface area contributed by atoms with Crippen LogP contribution in [0.5, 0.6) is 0 Å². The Labute approximate surface area is 433 Å². The summed E-state index contributed by atoms with van der Waals surface area (Å²) in [7, 11) is 0. The first-order chi connectivity index (χ1) is 32.9. The molecule has 0 radical (unpaired) electrons. The van der Waals surface area contributed by atoms with Gasteiger partial charge in [-0.1, -0.05) is 93.5 Å². The number of hydrogen-bond acceptors (Lipinski definition) is 14. The summed E-state index contributed by atoms with van der Waals surface area (Å²) in [5.41, 5.74) is 19.6. The van der Waals surface area contributed by atoms with Gasteiger partial charge in [-0.05, 0) is 105 Å². The van der Waals surface area contributed by atoms with Gasteiger partial charge in [0.1, 0.15) is 10.7 Å².